The summed E-state index contributed by atoms with van der Waals surface area (Å²) in [6.45, 7) is 4.70. The SMILES string of the molecule is CC/C=C\C/C=C\C/C=C\C/C=C\C/C=C\CCCCCCCC(=O)NC(COP(=O)(O)OCC[N+](C)(C)C)C(O)/C=C/CCCCCCCCCCCCCCCCCCCCCCCCCCC. The van der Waals surface area contributed by atoms with Crippen molar-refractivity contribution in [3.8, 4) is 0 Å². The van der Waals surface area contributed by atoms with Crippen LogP contribution in [0.3, 0.4) is 0 Å². The van der Waals surface area contributed by atoms with Gasteiger partial charge in [-0.05, 0) is 64.2 Å². The maximum atomic E-state index is 13.0. The average molecular weight is 1000 g/mol. The van der Waals surface area contributed by atoms with Crippen molar-refractivity contribution in [1.82, 2.24) is 5.32 Å². The third-order valence-electron chi connectivity index (χ3n) is 12.9. The van der Waals surface area contributed by atoms with Crippen LogP contribution in [0.5, 0.6) is 0 Å². The number of aliphatic hydroxyl groups is 1. The number of carbonyl (C=O) groups excluding carboxylic acids is 1. The fraction of sp³-hybridized carbons (Fsp3) is 0.787. The molecule has 9 heteroatoms. The standard InChI is InChI=1S/C61H113N2O6P/c1-6-8-10-12-14-16-18-20-22-24-26-28-29-30-31-32-33-35-36-38-40-42-44-46-48-50-52-54-60(64)59(58-69-70(66,67)68-57-56-63(3,4)5)62-61(65)55-53-51-49-47-45-43-41-39-37-34-27-25-23-21-19-17-15-13-11-9-7-2/h9,11,15,17,21,23,27,34,39,41,52,54,59-60,64H,6-8,10,12-14,16,18-20,22,24-26,28-33,35-38,40,42-51,53,55-58H2,1-5H3,(H-,62,65,66,67)/p+1/b11-9-,17-15-,23-21-,34-27-,41-39-,54-52+. The summed E-state index contributed by atoms with van der Waals surface area (Å²) in [5, 5.41) is 13.9. The number of phosphoric acid groups is 1. The van der Waals surface area contributed by atoms with Crippen LogP contribution < -0.4 is 5.32 Å². The highest BCUT2D eigenvalue weighted by Gasteiger charge is 2.27. The van der Waals surface area contributed by atoms with Gasteiger partial charge in [0, 0.05) is 6.42 Å². The first-order valence-corrected chi connectivity index (χ1v) is 30.8. The van der Waals surface area contributed by atoms with Crippen LogP contribution in [-0.4, -0.2) is 73.4 Å². The second kappa shape index (κ2) is 51.8. The summed E-state index contributed by atoms with van der Waals surface area (Å²) in [4.78, 5) is 23.3. The summed E-state index contributed by atoms with van der Waals surface area (Å²) in [5.41, 5.74) is 0. The third kappa shape index (κ3) is 53.7. The molecule has 3 N–H and O–H groups in total. The number of hydrogen-bond donors (Lipinski definition) is 3. The van der Waals surface area contributed by atoms with Gasteiger partial charge in [-0.15, -0.1) is 0 Å². The fourth-order valence-electron chi connectivity index (χ4n) is 8.36. The Kier molecular flexibility index (Phi) is 50.3. The number of nitrogens with zero attached hydrogens (tertiary/aromatic N) is 1. The molecule has 8 nitrogen and oxygen atoms in total. The van der Waals surface area contributed by atoms with E-state index in [1.54, 1.807) is 6.08 Å². The van der Waals surface area contributed by atoms with Crippen molar-refractivity contribution in [2.75, 3.05) is 40.9 Å². The molecule has 0 aliphatic carbocycles. The molecule has 0 aliphatic rings. The zero-order valence-corrected chi connectivity index (χ0v) is 47.4. The Morgan fingerprint density at radius 3 is 1.26 bits per heavy atom. The molecule has 0 heterocycles. The van der Waals surface area contributed by atoms with Gasteiger partial charge >= 0.3 is 7.82 Å². The molecule has 0 aromatic rings. The average Bonchev–Trinajstić information content (AvgIpc) is 3.32. The van der Waals surface area contributed by atoms with Gasteiger partial charge in [0.1, 0.15) is 13.2 Å². The van der Waals surface area contributed by atoms with Gasteiger partial charge in [0.25, 0.3) is 0 Å². The van der Waals surface area contributed by atoms with E-state index in [-0.39, 0.29) is 19.1 Å². The highest BCUT2D eigenvalue weighted by molar-refractivity contribution is 7.47. The smallest absolute Gasteiger partial charge is 0.387 e. The third-order valence-corrected chi connectivity index (χ3v) is 13.9. The highest BCUT2D eigenvalue weighted by Crippen LogP contribution is 2.43. The molecule has 0 aromatic carbocycles. The second-order valence-electron chi connectivity index (χ2n) is 21.0. The predicted octanol–water partition coefficient (Wildman–Crippen LogP) is 17.9. The van der Waals surface area contributed by atoms with Gasteiger partial charge in [0.2, 0.25) is 5.91 Å². The van der Waals surface area contributed by atoms with Crippen molar-refractivity contribution in [1.29, 1.82) is 0 Å². The van der Waals surface area contributed by atoms with Gasteiger partial charge in [-0.25, -0.2) is 4.57 Å². The molecular weight excluding hydrogens is 888 g/mol. The zero-order valence-electron chi connectivity index (χ0n) is 46.5. The quantitative estimate of drug-likeness (QED) is 0.0243. The van der Waals surface area contributed by atoms with Gasteiger partial charge in [0.15, 0.2) is 0 Å². The topological polar surface area (TPSA) is 105 Å². The lowest BCUT2D eigenvalue weighted by Gasteiger charge is -2.25. The summed E-state index contributed by atoms with van der Waals surface area (Å²) in [5.74, 6) is -0.196. The van der Waals surface area contributed by atoms with E-state index in [2.05, 4.69) is 79.9 Å². The van der Waals surface area contributed by atoms with Gasteiger partial charge < -0.3 is 19.8 Å². The molecule has 70 heavy (non-hydrogen) atoms. The lowest BCUT2D eigenvalue weighted by Crippen LogP contribution is -2.45. The van der Waals surface area contributed by atoms with Crippen molar-refractivity contribution in [2.45, 2.75) is 270 Å². The number of amides is 1. The molecule has 0 radical (unpaired) electrons. The number of quaternary nitrogens is 1. The van der Waals surface area contributed by atoms with E-state index in [0.717, 1.165) is 89.9 Å². The molecule has 0 spiro atoms. The summed E-state index contributed by atoms with van der Waals surface area (Å²) in [6, 6.07) is -0.862. The van der Waals surface area contributed by atoms with Gasteiger partial charge in [-0.3, -0.25) is 13.8 Å². The number of nitrogens with one attached hydrogen (secondary N) is 1. The molecule has 0 aromatic heterocycles. The molecule has 3 unspecified atom stereocenters. The monoisotopic (exact) mass is 1000 g/mol. The summed E-state index contributed by atoms with van der Waals surface area (Å²) in [6.07, 6.45) is 71.5. The number of hydrogen-bond acceptors (Lipinski definition) is 5. The van der Waals surface area contributed by atoms with Gasteiger partial charge in [0.05, 0.1) is 39.9 Å². The van der Waals surface area contributed by atoms with Crippen LogP contribution in [0.2, 0.25) is 0 Å². The van der Waals surface area contributed by atoms with E-state index in [9.17, 15) is 19.4 Å². The maximum Gasteiger partial charge on any atom is 0.472 e. The van der Waals surface area contributed by atoms with Crippen LogP contribution >= 0.6 is 7.82 Å². The molecular formula is C61H114N2O6P+. The maximum absolute atomic E-state index is 13.0. The van der Waals surface area contributed by atoms with Crippen molar-refractivity contribution < 1.29 is 32.9 Å². The number of carbonyl (C=O) groups is 1. The van der Waals surface area contributed by atoms with E-state index >= 15 is 0 Å². The Labute approximate surface area is 434 Å². The number of phosphoric ester groups is 1. The number of allylic oxidation sites excluding steroid dienone is 11. The number of likely N-dealkylation sites (N-methyl/N-ethyl adjacent to an activating group) is 1. The van der Waals surface area contributed by atoms with Crippen molar-refractivity contribution >= 4 is 13.7 Å². The van der Waals surface area contributed by atoms with Crippen LogP contribution in [0.4, 0.5) is 0 Å². The van der Waals surface area contributed by atoms with E-state index in [1.165, 1.54) is 148 Å². The van der Waals surface area contributed by atoms with E-state index in [1.807, 2.05) is 27.2 Å². The van der Waals surface area contributed by atoms with Crippen molar-refractivity contribution in [3.63, 3.8) is 0 Å². The van der Waals surface area contributed by atoms with E-state index in [4.69, 9.17) is 9.05 Å². The summed E-state index contributed by atoms with van der Waals surface area (Å²) >= 11 is 0. The van der Waals surface area contributed by atoms with Crippen LogP contribution in [0.15, 0.2) is 72.9 Å². The Balaban J connectivity index is 4.24. The minimum absolute atomic E-state index is 0.0543. The minimum Gasteiger partial charge on any atom is -0.387 e. The van der Waals surface area contributed by atoms with E-state index < -0.39 is 20.0 Å². The van der Waals surface area contributed by atoms with Crippen LogP contribution in [0.1, 0.15) is 258 Å². The summed E-state index contributed by atoms with van der Waals surface area (Å²) in [7, 11) is 1.55. The lowest BCUT2D eigenvalue weighted by molar-refractivity contribution is -0.870. The Morgan fingerprint density at radius 1 is 0.500 bits per heavy atom. The lowest BCUT2D eigenvalue weighted by atomic mass is 10.0. The Morgan fingerprint density at radius 2 is 0.857 bits per heavy atom. The number of unbranched alkanes of at least 4 members (excludes halogenated alkanes) is 30. The summed E-state index contributed by atoms with van der Waals surface area (Å²) < 4.78 is 23.7. The van der Waals surface area contributed by atoms with Crippen molar-refractivity contribution in [2.24, 2.45) is 0 Å². The number of rotatable bonds is 53. The molecule has 0 saturated carbocycles. The minimum atomic E-state index is -4.36. The predicted molar refractivity (Wildman–Crippen MR) is 304 cm³/mol. The van der Waals surface area contributed by atoms with Crippen molar-refractivity contribution in [3.05, 3.63) is 72.9 Å². The first-order valence-electron chi connectivity index (χ1n) is 29.3. The highest BCUT2D eigenvalue weighted by atomic mass is 31.2. The Bertz CT molecular complexity index is 1370. The number of aliphatic hydroxyl groups excluding tert-OH is 1. The molecule has 0 fully saturated rings. The Hall–Kier alpha value is -2.06. The first-order chi connectivity index (χ1) is 34.0. The van der Waals surface area contributed by atoms with E-state index in [0.29, 0.717) is 17.4 Å². The zero-order chi connectivity index (χ0) is 51.3. The molecule has 1 amide bonds. The second-order valence-corrected chi connectivity index (χ2v) is 22.4. The molecule has 0 bridgehead atoms. The normalized spacial score (nSPS) is 14.4. The van der Waals surface area contributed by atoms with Gasteiger partial charge in [-0.1, -0.05) is 260 Å². The van der Waals surface area contributed by atoms with Gasteiger partial charge in [-0.2, -0.15) is 0 Å². The first kappa shape index (κ1) is 67.9. The molecule has 0 saturated heterocycles. The molecule has 0 rings (SSSR count). The van der Waals surface area contributed by atoms with Crippen LogP contribution in [0.25, 0.3) is 0 Å². The van der Waals surface area contributed by atoms with Crippen LogP contribution in [-0.2, 0) is 18.4 Å². The molecule has 3 atom stereocenters. The molecule has 0 aliphatic heterocycles. The fourth-order valence-corrected chi connectivity index (χ4v) is 9.10. The largest absolute Gasteiger partial charge is 0.472 e. The molecule has 408 valence electrons. The van der Waals surface area contributed by atoms with Crippen LogP contribution in [0, 0.1) is 0 Å².